The van der Waals surface area contributed by atoms with Crippen molar-refractivity contribution in [2.45, 2.75) is 0 Å². The summed E-state index contributed by atoms with van der Waals surface area (Å²) in [5.74, 6) is -0.108. The van der Waals surface area contributed by atoms with Gasteiger partial charge in [0.05, 0.1) is 16.4 Å². The molecule has 2 aromatic carbocycles. The Bertz CT molecular complexity index is 1400. The molecule has 0 aliphatic carbocycles. The molecule has 6 N–H and O–H groups in total. The SMILES string of the molecule is NC(=O)c1ccc(N=C(N)c2ccccn2)cc1-c1ccc(N=C(N)c2ccccn2)cc1Cl. The first-order chi connectivity index (χ1) is 16.4. The molecule has 1 amide bonds. The summed E-state index contributed by atoms with van der Waals surface area (Å²) in [6.45, 7) is 0. The smallest absolute Gasteiger partial charge is 0.249 e. The molecule has 0 fully saturated rings. The van der Waals surface area contributed by atoms with Crippen LogP contribution in [0.15, 0.2) is 95.2 Å². The third-order valence-corrected chi connectivity index (χ3v) is 5.18. The van der Waals surface area contributed by atoms with Gasteiger partial charge < -0.3 is 17.2 Å². The van der Waals surface area contributed by atoms with Crippen LogP contribution in [0.5, 0.6) is 0 Å². The molecule has 0 unspecified atom stereocenters. The first-order valence-corrected chi connectivity index (χ1v) is 10.5. The van der Waals surface area contributed by atoms with Gasteiger partial charge >= 0.3 is 0 Å². The zero-order valence-electron chi connectivity index (χ0n) is 17.9. The molecule has 0 spiro atoms. The molecule has 4 aromatic rings. The predicted molar refractivity (Wildman–Crippen MR) is 135 cm³/mol. The molecule has 0 aliphatic rings. The molecule has 0 bridgehead atoms. The van der Waals surface area contributed by atoms with Gasteiger partial charge in [0.15, 0.2) is 0 Å². The number of hydrogen-bond acceptors (Lipinski definition) is 5. The summed E-state index contributed by atoms with van der Waals surface area (Å²) in [6, 6.07) is 20.8. The van der Waals surface area contributed by atoms with Crippen LogP contribution in [0.3, 0.4) is 0 Å². The lowest BCUT2D eigenvalue weighted by atomic mass is 9.98. The number of amidine groups is 2. The van der Waals surface area contributed by atoms with E-state index in [0.717, 1.165) is 0 Å². The van der Waals surface area contributed by atoms with Crippen molar-refractivity contribution in [1.82, 2.24) is 9.97 Å². The number of carbonyl (C=O) groups is 1. The number of nitrogens with zero attached hydrogens (tertiary/aromatic N) is 4. The van der Waals surface area contributed by atoms with E-state index in [1.165, 1.54) is 0 Å². The van der Waals surface area contributed by atoms with E-state index >= 15 is 0 Å². The summed E-state index contributed by atoms with van der Waals surface area (Å²) >= 11 is 6.58. The molecule has 0 saturated carbocycles. The largest absolute Gasteiger partial charge is 0.382 e. The quantitative estimate of drug-likeness (QED) is 0.289. The third-order valence-electron chi connectivity index (χ3n) is 4.87. The van der Waals surface area contributed by atoms with Crippen LogP contribution in [0.1, 0.15) is 21.7 Å². The molecular weight excluding hydrogens is 450 g/mol. The summed E-state index contributed by atoms with van der Waals surface area (Å²) in [7, 11) is 0. The van der Waals surface area contributed by atoms with E-state index < -0.39 is 5.91 Å². The normalized spacial score (nSPS) is 11.9. The summed E-state index contributed by atoms with van der Waals surface area (Å²) in [5, 5.41) is 0.358. The molecule has 168 valence electrons. The molecule has 0 atom stereocenters. The van der Waals surface area contributed by atoms with Crippen LogP contribution in [0.4, 0.5) is 11.4 Å². The minimum absolute atomic E-state index is 0.235. The highest BCUT2D eigenvalue weighted by atomic mass is 35.5. The summed E-state index contributed by atoms with van der Waals surface area (Å²) in [4.78, 5) is 29.3. The number of aromatic nitrogens is 2. The number of amides is 1. The first-order valence-electron chi connectivity index (χ1n) is 10.2. The Kier molecular flexibility index (Phi) is 6.61. The van der Waals surface area contributed by atoms with Crippen molar-refractivity contribution in [3.05, 3.63) is 107 Å². The van der Waals surface area contributed by atoms with Crippen molar-refractivity contribution in [2.75, 3.05) is 0 Å². The van der Waals surface area contributed by atoms with Crippen LogP contribution in [0, 0.1) is 0 Å². The Hall–Kier alpha value is -4.56. The lowest BCUT2D eigenvalue weighted by Crippen LogP contribution is -2.14. The number of halogens is 1. The van der Waals surface area contributed by atoms with Crippen molar-refractivity contribution in [3.8, 4) is 11.1 Å². The second kappa shape index (κ2) is 9.93. The minimum Gasteiger partial charge on any atom is -0.382 e. The van der Waals surface area contributed by atoms with Gasteiger partial charge in [-0.25, -0.2) is 9.98 Å². The Labute approximate surface area is 200 Å². The minimum atomic E-state index is -0.596. The van der Waals surface area contributed by atoms with Gasteiger partial charge in [-0.3, -0.25) is 14.8 Å². The van der Waals surface area contributed by atoms with E-state index in [1.807, 2.05) is 12.1 Å². The summed E-state index contributed by atoms with van der Waals surface area (Å²) < 4.78 is 0. The van der Waals surface area contributed by atoms with Crippen molar-refractivity contribution in [1.29, 1.82) is 0 Å². The molecule has 8 nitrogen and oxygen atoms in total. The Morgan fingerprint density at radius 1 is 0.706 bits per heavy atom. The van der Waals surface area contributed by atoms with Crippen molar-refractivity contribution in [2.24, 2.45) is 27.2 Å². The highest BCUT2D eigenvalue weighted by Crippen LogP contribution is 2.35. The number of aliphatic imine (C=N–C) groups is 2. The van der Waals surface area contributed by atoms with E-state index in [2.05, 4.69) is 20.0 Å². The predicted octanol–water partition coefficient (Wildman–Crippen LogP) is 3.97. The van der Waals surface area contributed by atoms with Gasteiger partial charge in [0.25, 0.3) is 0 Å². The fraction of sp³-hybridized carbons (Fsp3) is 0. The zero-order valence-corrected chi connectivity index (χ0v) is 18.6. The van der Waals surface area contributed by atoms with E-state index in [0.29, 0.717) is 44.5 Å². The average Bonchev–Trinajstić information content (AvgIpc) is 2.85. The number of hydrogen-bond donors (Lipinski definition) is 3. The number of nitrogens with two attached hydrogens (primary N) is 3. The van der Waals surface area contributed by atoms with Crippen LogP contribution in [-0.2, 0) is 0 Å². The van der Waals surface area contributed by atoms with Gasteiger partial charge in [-0.2, -0.15) is 0 Å². The highest BCUT2D eigenvalue weighted by Gasteiger charge is 2.15. The molecule has 2 aromatic heterocycles. The fourth-order valence-corrected chi connectivity index (χ4v) is 3.53. The van der Waals surface area contributed by atoms with Crippen LogP contribution in [-0.4, -0.2) is 27.5 Å². The average molecular weight is 470 g/mol. The Morgan fingerprint density at radius 2 is 1.26 bits per heavy atom. The summed E-state index contributed by atoms with van der Waals surface area (Å²) in [6.07, 6.45) is 3.26. The maximum atomic E-state index is 12.1. The molecule has 2 heterocycles. The van der Waals surface area contributed by atoms with Crippen molar-refractivity contribution >= 4 is 40.6 Å². The summed E-state index contributed by atoms with van der Waals surface area (Å²) in [5.41, 5.74) is 21.3. The van der Waals surface area contributed by atoms with Gasteiger partial charge in [-0.05, 0) is 60.2 Å². The maximum absolute atomic E-state index is 12.1. The number of carbonyl (C=O) groups excluding carboxylic acids is 1. The van der Waals surface area contributed by atoms with E-state index in [1.54, 1.807) is 73.1 Å². The van der Waals surface area contributed by atoms with Gasteiger partial charge in [-0.15, -0.1) is 0 Å². The van der Waals surface area contributed by atoms with Crippen LogP contribution >= 0.6 is 11.6 Å². The van der Waals surface area contributed by atoms with Gasteiger partial charge in [0.1, 0.15) is 23.1 Å². The first kappa shape index (κ1) is 22.6. The topological polar surface area (TPSA) is 146 Å². The molecule has 0 aliphatic heterocycles. The number of rotatable bonds is 6. The van der Waals surface area contributed by atoms with E-state index in [-0.39, 0.29) is 11.7 Å². The van der Waals surface area contributed by atoms with Crippen LogP contribution in [0.25, 0.3) is 11.1 Å². The molecule has 9 heteroatoms. The Balaban J connectivity index is 1.73. The van der Waals surface area contributed by atoms with E-state index in [4.69, 9.17) is 28.8 Å². The molecule has 0 radical (unpaired) electrons. The van der Waals surface area contributed by atoms with Gasteiger partial charge in [-0.1, -0.05) is 29.8 Å². The molecule has 34 heavy (non-hydrogen) atoms. The number of pyridine rings is 2. The lowest BCUT2D eigenvalue weighted by molar-refractivity contribution is 0.100. The standard InChI is InChI=1S/C25H20ClN7O/c26-20-14-16(33-24(28)22-6-2-4-12-31-22)7-9-17(20)19-13-15(8-10-18(19)25(29)34)32-23(27)21-5-1-3-11-30-21/h1-14H,(H2,27,32)(H2,28,33)(H2,29,34). The molecular formula is C25H20ClN7O. The number of benzene rings is 2. The fourth-order valence-electron chi connectivity index (χ4n) is 3.25. The second-order valence-electron chi connectivity index (χ2n) is 7.18. The van der Waals surface area contributed by atoms with Crippen molar-refractivity contribution < 1.29 is 4.79 Å². The lowest BCUT2D eigenvalue weighted by Gasteiger charge is -2.11. The van der Waals surface area contributed by atoms with Gasteiger partial charge in [0, 0.05) is 23.5 Å². The van der Waals surface area contributed by atoms with Gasteiger partial charge in [0.2, 0.25) is 5.91 Å². The number of primary amides is 1. The third kappa shape index (κ3) is 5.08. The van der Waals surface area contributed by atoms with E-state index in [9.17, 15) is 4.79 Å². The molecule has 0 saturated heterocycles. The monoisotopic (exact) mass is 469 g/mol. The maximum Gasteiger partial charge on any atom is 0.249 e. The van der Waals surface area contributed by atoms with Crippen LogP contribution < -0.4 is 17.2 Å². The molecule has 4 rings (SSSR count). The Morgan fingerprint density at radius 3 is 1.76 bits per heavy atom. The zero-order chi connectivity index (χ0) is 24.1. The highest BCUT2D eigenvalue weighted by molar-refractivity contribution is 6.34. The second-order valence-corrected chi connectivity index (χ2v) is 7.59. The van der Waals surface area contributed by atoms with Crippen LogP contribution in [0.2, 0.25) is 5.02 Å². The van der Waals surface area contributed by atoms with Crippen molar-refractivity contribution in [3.63, 3.8) is 0 Å².